The van der Waals surface area contributed by atoms with Gasteiger partial charge < -0.3 is 5.11 Å². The number of carboxylic acid groups (broad SMARTS) is 1. The Morgan fingerprint density at radius 3 is 3.14 bits per heavy atom. The molecular formula is C9H9N3O2. The summed E-state index contributed by atoms with van der Waals surface area (Å²) in [6.07, 6.45) is 5.66. The molecule has 0 aliphatic heterocycles. The second-order valence-electron chi connectivity index (χ2n) is 2.97. The topological polar surface area (TPSA) is 67.5 Å². The number of rotatable bonds is 3. The van der Waals surface area contributed by atoms with Crippen LogP contribution in [0.3, 0.4) is 0 Å². The van der Waals surface area contributed by atoms with Gasteiger partial charge in [0.2, 0.25) is 0 Å². The Kier molecular flexibility index (Phi) is 2.14. The first-order chi connectivity index (χ1) is 6.75. The maximum absolute atomic E-state index is 10.3. The molecule has 0 amide bonds. The van der Waals surface area contributed by atoms with Crippen molar-refractivity contribution in [3.63, 3.8) is 0 Å². The third-order valence-electron chi connectivity index (χ3n) is 1.91. The van der Waals surface area contributed by atoms with E-state index in [2.05, 4.69) is 9.97 Å². The van der Waals surface area contributed by atoms with Crippen LogP contribution < -0.4 is 0 Å². The third kappa shape index (κ3) is 1.71. The zero-order valence-corrected chi connectivity index (χ0v) is 7.42. The zero-order valence-electron chi connectivity index (χ0n) is 7.42. The predicted molar refractivity (Wildman–Crippen MR) is 48.9 cm³/mol. The molecule has 1 N–H and O–H groups in total. The summed E-state index contributed by atoms with van der Waals surface area (Å²) in [6.45, 7) is 0. The summed E-state index contributed by atoms with van der Waals surface area (Å²) in [7, 11) is 0. The van der Waals surface area contributed by atoms with Gasteiger partial charge in [-0.15, -0.1) is 0 Å². The van der Waals surface area contributed by atoms with Gasteiger partial charge in [-0.25, -0.2) is 9.97 Å². The van der Waals surface area contributed by atoms with Crippen molar-refractivity contribution >= 4 is 11.6 Å². The lowest BCUT2D eigenvalue weighted by Crippen LogP contribution is -1.97. The van der Waals surface area contributed by atoms with E-state index < -0.39 is 5.97 Å². The molecule has 0 radical (unpaired) electrons. The fourth-order valence-corrected chi connectivity index (χ4v) is 1.25. The summed E-state index contributed by atoms with van der Waals surface area (Å²) in [4.78, 5) is 18.5. The molecule has 0 atom stereocenters. The van der Waals surface area contributed by atoms with Gasteiger partial charge >= 0.3 is 5.97 Å². The highest BCUT2D eigenvalue weighted by Gasteiger charge is 2.03. The van der Waals surface area contributed by atoms with Crippen LogP contribution in [0.2, 0.25) is 0 Å². The van der Waals surface area contributed by atoms with Crippen LogP contribution in [0.4, 0.5) is 0 Å². The highest BCUT2D eigenvalue weighted by atomic mass is 16.4. The first-order valence-corrected chi connectivity index (χ1v) is 4.25. The van der Waals surface area contributed by atoms with Crippen molar-refractivity contribution in [2.24, 2.45) is 0 Å². The lowest BCUT2D eigenvalue weighted by atomic mass is 10.2. The average molecular weight is 191 g/mol. The van der Waals surface area contributed by atoms with Crippen LogP contribution in [0.5, 0.6) is 0 Å². The van der Waals surface area contributed by atoms with Gasteiger partial charge in [-0.05, 0) is 6.07 Å². The lowest BCUT2D eigenvalue weighted by Gasteiger charge is -1.88. The molecule has 0 unspecified atom stereocenters. The van der Waals surface area contributed by atoms with Crippen LogP contribution in [0, 0.1) is 0 Å². The van der Waals surface area contributed by atoms with Crippen LogP contribution in [-0.4, -0.2) is 25.4 Å². The number of imidazole rings is 1. The number of aliphatic carboxylic acids is 1. The number of carbonyl (C=O) groups is 1. The zero-order chi connectivity index (χ0) is 9.97. The molecule has 5 nitrogen and oxygen atoms in total. The van der Waals surface area contributed by atoms with E-state index >= 15 is 0 Å². The molecule has 0 fully saturated rings. The number of fused-ring (bicyclic) bond motifs is 1. The SMILES string of the molecule is O=C(O)CCc1cn2cnccc2n1. The lowest BCUT2D eigenvalue weighted by molar-refractivity contribution is -0.136. The molecule has 0 aromatic carbocycles. The molecule has 14 heavy (non-hydrogen) atoms. The van der Waals surface area contributed by atoms with Crippen molar-refractivity contribution in [1.29, 1.82) is 0 Å². The van der Waals surface area contributed by atoms with Crippen molar-refractivity contribution in [3.05, 3.63) is 30.5 Å². The summed E-state index contributed by atoms with van der Waals surface area (Å²) < 4.78 is 1.77. The standard InChI is InChI=1S/C9H9N3O2/c13-9(14)2-1-7-5-12-6-10-4-3-8(12)11-7/h3-6H,1-2H2,(H,13,14). The van der Waals surface area contributed by atoms with Gasteiger partial charge in [0.15, 0.2) is 0 Å². The summed E-state index contributed by atoms with van der Waals surface area (Å²) in [5.41, 5.74) is 1.57. The molecular weight excluding hydrogens is 182 g/mol. The third-order valence-corrected chi connectivity index (χ3v) is 1.91. The summed E-state index contributed by atoms with van der Waals surface area (Å²) in [5.74, 6) is -0.805. The van der Waals surface area contributed by atoms with E-state index in [4.69, 9.17) is 5.11 Å². The van der Waals surface area contributed by atoms with E-state index in [1.54, 1.807) is 29.2 Å². The van der Waals surface area contributed by atoms with Crippen LogP contribution in [-0.2, 0) is 11.2 Å². The van der Waals surface area contributed by atoms with Crippen LogP contribution >= 0.6 is 0 Å². The van der Waals surface area contributed by atoms with Gasteiger partial charge in [0, 0.05) is 18.8 Å². The molecule has 2 aromatic rings. The summed E-state index contributed by atoms with van der Waals surface area (Å²) in [6, 6.07) is 1.78. The molecule has 72 valence electrons. The second-order valence-corrected chi connectivity index (χ2v) is 2.97. The molecule has 0 saturated carbocycles. The Balaban J connectivity index is 2.22. The van der Waals surface area contributed by atoms with Crippen LogP contribution in [0.15, 0.2) is 24.8 Å². The van der Waals surface area contributed by atoms with Gasteiger partial charge in [-0.1, -0.05) is 0 Å². The van der Waals surface area contributed by atoms with E-state index in [0.717, 1.165) is 11.3 Å². The number of carboxylic acids is 1. The number of hydrogen-bond donors (Lipinski definition) is 1. The van der Waals surface area contributed by atoms with E-state index in [0.29, 0.717) is 6.42 Å². The molecule has 2 rings (SSSR count). The van der Waals surface area contributed by atoms with Crippen molar-refractivity contribution in [3.8, 4) is 0 Å². The van der Waals surface area contributed by atoms with E-state index in [9.17, 15) is 4.79 Å². The minimum atomic E-state index is -0.805. The average Bonchev–Trinajstić information content (AvgIpc) is 2.57. The minimum absolute atomic E-state index is 0.108. The van der Waals surface area contributed by atoms with Crippen LogP contribution in [0.1, 0.15) is 12.1 Å². The second kappa shape index (κ2) is 3.45. The van der Waals surface area contributed by atoms with Gasteiger partial charge in [-0.3, -0.25) is 9.20 Å². The Morgan fingerprint density at radius 2 is 2.43 bits per heavy atom. The highest BCUT2D eigenvalue weighted by Crippen LogP contribution is 2.05. The molecule has 2 heterocycles. The fraction of sp³-hybridized carbons (Fsp3) is 0.222. The molecule has 0 spiro atoms. The maximum Gasteiger partial charge on any atom is 0.303 e. The highest BCUT2D eigenvalue weighted by molar-refractivity contribution is 5.67. The van der Waals surface area contributed by atoms with Gasteiger partial charge in [-0.2, -0.15) is 0 Å². The summed E-state index contributed by atoms with van der Waals surface area (Å²) in [5, 5.41) is 8.50. The first kappa shape index (κ1) is 8.68. The summed E-state index contributed by atoms with van der Waals surface area (Å²) >= 11 is 0. The molecule has 0 aliphatic carbocycles. The molecule has 5 heteroatoms. The Bertz CT molecular complexity index is 431. The molecule has 0 saturated heterocycles. The Morgan fingerprint density at radius 1 is 1.57 bits per heavy atom. The Labute approximate surface area is 80.0 Å². The van der Waals surface area contributed by atoms with Crippen molar-refractivity contribution in [2.75, 3.05) is 0 Å². The number of aromatic nitrogens is 3. The van der Waals surface area contributed by atoms with Gasteiger partial charge in [0.1, 0.15) is 12.0 Å². The van der Waals surface area contributed by atoms with E-state index in [-0.39, 0.29) is 6.42 Å². The number of nitrogens with zero attached hydrogens (tertiary/aromatic N) is 3. The quantitative estimate of drug-likeness (QED) is 0.777. The molecule has 0 bridgehead atoms. The molecule has 0 aliphatic rings. The van der Waals surface area contributed by atoms with Gasteiger partial charge in [0.05, 0.1) is 12.1 Å². The predicted octanol–water partition coefficient (Wildman–Crippen LogP) is 0.747. The van der Waals surface area contributed by atoms with E-state index in [1.807, 2.05) is 0 Å². The van der Waals surface area contributed by atoms with Crippen LogP contribution in [0.25, 0.3) is 5.65 Å². The minimum Gasteiger partial charge on any atom is -0.481 e. The van der Waals surface area contributed by atoms with Crippen molar-refractivity contribution in [2.45, 2.75) is 12.8 Å². The molecule has 2 aromatic heterocycles. The first-order valence-electron chi connectivity index (χ1n) is 4.25. The number of aryl methyl sites for hydroxylation is 1. The Hall–Kier alpha value is -1.91. The number of hydrogen-bond acceptors (Lipinski definition) is 3. The van der Waals surface area contributed by atoms with Crippen molar-refractivity contribution < 1.29 is 9.90 Å². The smallest absolute Gasteiger partial charge is 0.303 e. The normalized spacial score (nSPS) is 10.6. The maximum atomic E-state index is 10.3. The largest absolute Gasteiger partial charge is 0.481 e. The van der Waals surface area contributed by atoms with Gasteiger partial charge in [0.25, 0.3) is 0 Å². The van der Waals surface area contributed by atoms with E-state index in [1.165, 1.54) is 0 Å². The van der Waals surface area contributed by atoms with Crippen molar-refractivity contribution in [1.82, 2.24) is 14.4 Å². The monoisotopic (exact) mass is 191 g/mol. The fourth-order valence-electron chi connectivity index (χ4n) is 1.25.